The van der Waals surface area contributed by atoms with Crippen LogP contribution in [0.25, 0.3) is 33.2 Å². The Morgan fingerprint density at radius 2 is 1.77 bits per heavy atom. The topological polar surface area (TPSA) is 142 Å². The fraction of sp³-hybridized carbons (Fsp3) is 0.172. The molecule has 14 heteroatoms. The molecule has 0 radical (unpaired) electrons. The van der Waals surface area contributed by atoms with Crippen molar-refractivity contribution >= 4 is 56.9 Å². The molecule has 3 aromatic carbocycles. The van der Waals surface area contributed by atoms with E-state index >= 15 is 0 Å². The van der Waals surface area contributed by atoms with Crippen molar-refractivity contribution in [2.24, 2.45) is 0 Å². The van der Waals surface area contributed by atoms with E-state index in [9.17, 15) is 32.7 Å². The minimum absolute atomic E-state index is 0.124. The number of rotatable bonds is 5. The highest BCUT2D eigenvalue weighted by Gasteiger charge is 2.47. The van der Waals surface area contributed by atoms with Gasteiger partial charge in [0.25, 0.3) is 0 Å². The number of hydrogen-bond acceptors (Lipinski definition) is 7. The third kappa shape index (κ3) is 5.41. The van der Waals surface area contributed by atoms with Gasteiger partial charge in [-0.05, 0) is 55.3 Å². The number of aromatic nitrogens is 4. The monoisotopic (exact) mass is 589 g/mol. The molecule has 3 heterocycles. The second kappa shape index (κ2) is 10.7. The molecule has 43 heavy (non-hydrogen) atoms. The lowest BCUT2D eigenvalue weighted by Gasteiger charge is -2.24. The van der Waals surface area contributed by atoms with Gasteiger partial charge in [0.05, 0.1) is 17.2 Å². The standard InChI is InChI=1S/C29H22F3N7O4/c30-29(31,32)27(41)38-12-4-9-23(38)26(40)35-18-6-3-5-16(13-18)24-36-21-8-2-1-7-20(21)25(37-24)34-19-10-11-22-17(14-19)15-33-39(22)28(42)43/h1-3,5-8,10-11,13-15,23H,4,9,12H2,(H,35,40)(H,42,43)(H,34,36,37)/t23-/m1/s1. The van der Waals surface area contributed by atoms with E-state index in [1.54, 1.807) is 42.5 Å². The Bertz CT molecular complexity index is 1910. The number of halogens is 3. The Morgan fingerprint density at radius 3 is 2.56 bits per heavy atom. The molecule has 1 aliphatic rings. The van der Waals surface area contributed by atoms with Crippen LogP contribution < -0.4 is 10.6 Å². The second-order valence-corrected chi connectivity index (χ2v) is 9.87. The average molecular weight is 590 g/mol. The first kappa shape index (κ1) is 27.6. The van der Waals surface area contributed by atoms with E-state index in [1.165, 1.54) is 6.20 Å². The fourth-order valence-electron chi connectivity index (χ4n) is 5.11. The highest BCUT2D eigenvalue weighted by Crippen LogP contribution is 2.31. The van der Waals surface area contributed by atoms with Crippen molar-refractivity contribution in [2.75, 3.05) is 17.2 Å². The van der Waals surface area contributed by atoms with Gasteiger partial charge < -0.3 is 20.6 Å². The zero-order valence-electron chi connectivity index (χ0n) is 22.2. The van der Waals surface area contributed by atoms with Gasteiger partial charge in [0, 0.05) is 34.3 Å². The van der Waals surface area contributed by atoms with Crippen LogP contribution in [0.1, 0.15) is 12.8 Å². The lowest BCUT2D eigenvalue weighted by Crippen LogP contribution is -2.48. The molecule has 0 bridgehead atoms. The van der Waals surface area contributed by atoms with Crippen LogP contribution in [0.5, 0.6) is 0 Å². The zero-order valence-corrected chi connectivity index (χ0v) is 22.2. The van der Waals surface area contributed by atoms with E-state index in [4.69, 9.17) is 4.98 Å². The number of benzene rings is 3. The minimum Gasteiger partial charge on any atom is -0.463 e. The smallest absolute Gasteiger partial charge is 0.463 e. The molecule has 1 aliphatic heterocycles. The van der Waals surface area contributed by atoms with E-state index in [2.05, 4.69) is 20.7 Å². The molecule has 3 N–H and O–H groups in total. The number of carbonyl (C=O) groups excluding carboxylic acids is 2. The number of para-hydroxylation sites is 1. The quantitative estimate of drug-likeness (QED) is 0.247. The van der Waals surface area contributed by atoms with Crippen molar-refractivity contribution in [3.8, 4) is 11.4 Å². The molecular weight excluding hydrogens is 567 g/mol. The summed E-state index contributed by atoms with van der Waals surface area (Å²) in [4.78, 5) is 46.0. The van der Waals surface area contributed by atoms with E-state index in [1.807, 2.05) is 24.3 Å². The number of alkyl halides is 3. The van der Waals surface area contributed by atoms with Crippen LogP contribution in [-0.4, -0.2) is 66.4 Å². The van der Waals surface area contributed by atoms with Gasteiger partial charge in [0.1, 0.15) is 11.9 Å². The third-order valence-electron chi connectivity index (χ3n) is 7.06. The summed E-state index contributed by atoms with van der Waals surface area (Å²) in [5.41, 5.74) is 2.51. The molecule has 6 rings (SSSR count). The molecule has 5 aromatic rings. The van der Waals surface area contributed by atoms with Crippen LogP contribution >= 0.6 is 0 Å². The first-order valence-electron chi connectivity index (χ1n) is 13.1. The number of nitrogens with zero attached hydrogens (tertiary/aromatic N) is 5. The number of carbonyl (C=O) groups is 3. The number of likely N-dealkylation sites (tertiary alicyclic amines) is 1. The summed E-state index contributed by atoms with van der Waals surface area (Å²) in [5, 5.41) is 20.4. The van der Waals surface area contributed by atoms with Crippen molar-refractivity contribution in [2.45, 2.75) is 25.1 Å². The number of nitrogens with one attached hydrogen (secondary N) is 2. The lowest BCUT2D eigenvalue weighted by atomic mass is 10.1. The fourth-order valence-corrected chi connectivity index (χ4v) is 5.11. The first-order valence-corrected chi connectivity index (χ1v) is 13.1. The summed E-state index contributed by atoms with van der Waals surface area (Å²) in [6, 6.07) is 17.7. The number of amides is 2. The maximum atomic E-state index is 13.0. The molecule has 2 amide bonds. The van der Waals surface area contributed by atoms with Crippen molar-refractivity contribution in [1.82, 2.24) is 24.6 Å². The van der Waals surface area contributed by atoms with E-state index in [-0.39, 0.29) is 19.4 Å². The molecule has 0 spiro atoms. The number of hydrogen-bond donors (Lipinski definition) is 3. The van der Waals surface area contributed by atoms with Crippen molar-refractivity contribution in [1.29, 1.82) is 0 Å². The molecule has 0 aliphatic carbocycles. The molecule has 0 unspecified atom stereocenters. The Hall–Kier alpha value is -5.53. The molecule has 1 saturated heterocycles. The van der Waals surface area contributed by atoms with Crippen LogP contribution in [0.4, 0.5) is 35.2 Å². The second-order valence-electron chi connectivity index (χ2n) is 9.87. The Balaban J connectivity index is 1.29. The number of carboxylic acid groups (broad SMARTS) is 1. The van der Waals surface area contributed by atoms with Crippen LogP contribution in [-0.2, 0) is 9.59 Å². The largest absolute Gasteiger partial charge is 0.471 e. The summed E-state index contributed by atoms with van der Waals surface area (Å²) in [5.74, 6) is -1.96. The van der Waals surface area contributed by atoms with Crippen LogP contribution in [0.2, 0.25) is 0 Å². The van der Waals surface area contributed by atoms with Crippen molar-refractivity contribution < 1.29 is 32.7 Å². The minimum atomic E-state index is -5.06. The average Bonchev–Trinajstić information content (AvgIpc) is 3.64. The predicted octanol–water partition coefficient (Wildman–Crippen LogP) is 5.41. The molecule has 1 fully saturated rings. The van der Waals surface area contributed by atoms with Gasteiger partial charge in [-0.3, -0.25) is 9.59 Å². The van der Waals surface area contributed by atoms with E-state index < -0.39 is 30.1 Å². The first-order chi connectivity index (χ1) is 20.6. The normalized spacial score (nSPS) is 15.1. The van der Waals surface area contributed by atoms with Gasteiger partial charge in [0.15, 0.2) is 5.82 Å². The van der Waals surface area contributed by atoms with Crippen LogP contribution in [0.3, 0.4) is 0 Å². The molecule has 11 nitrogen and oxygen atoms in total. The maximum Gasteiger partial charge on any atom is 0.471 e. The van der Waals surface area contributed by atoms with Gasteiger partial charge >= 0.3 is 18.2 Å². The number of anilines is 3. The van der Waals surface area contributed by atoms with Crippen molar-refractivity contribution in [3.05, 3.63) is 72.9 Å². The lowest BCUT2D eigenvalue weighted by molar-refractivity contribution is -0.186. The summed E-state index contributed by atoms with van der Waals surface area (Å²) < 4.78 is 39.9. The summed E-state index contributed by atoms with van der Waals surface area (Å²) in [6.45, 7) is -0.147. The molecular formula is C29H22F3N7O4. The molecule has 218 valence electrons. The Kier molecular flexibility index (Phi) is 6.88. The van der Waals surface area contributed by atoms with Gasteiger partial charge in [-0.2, -0.15) is 23.0 Å². The van der Waals surface area contributed by atoms with Gasteiger partial charge in [0.2, 0.25) is 5.91 Å². The Morgan fingerprint density at radius 1 is 0.953 bits per heavy atom. The molecule has 0 saturated carbocycles. The predicted molar refractivity (Wildman–Crippen MR) is 151 cm³/mol. The summed E-state index contributed by atoms with van der Waals surface area (Å²) in [6.07, 6.45) is -4.40. The highest BCUT2D eigenvalue weighted by atomic mass is 19.4. The highest BCUT2D eigenvalue weighted by molar-refractivity contribution is 5.99. The van der Waals surface area contributed by atoms with Gasteiger partial charge in [-0.15, -0.1) is 0 Å². The molecule has 1 atom stereocenters. The summed E-state index contributed by atoms with van der Waals surface area (Å²) >= 11 is 0. The van der Waals surface area contributed by atoms with Gasteiger partial charge in [-0.1, -0.05) is 24.3 Å². The van der Waals surface area contributed by atoms with Crippen molar-refractivity contribution in [3.63, 3.8) is 0 Å². The summed E-state index contributed by atoms with van der Waals surface area (Å²) in [7, 11) is 0. The molecule has 2 aromatic heterocycles. The SMILES string of the molecule is O=C(Nc1cccc(-c2nc(Nc3ccc4c(cnn4C(=O)O)c3)c3ccccc3n2)c1)[C@H]1CCCN1C(=O)C(F)(F)F. The maximum absolute atomic E-state index is 13.0. The Labute approximate surface area is 241 Å². The van der Waals surface area contributed by atoms with Gasteiger partial charge in [-0.25, -0.2) is 14.8 Å². The van der Waals surface area contributed by atoms with E-state index in [0.717, 1.165) is 4.68 Å². The number of fused-ring (bicyclic) bond motifs is 2. The van der Waals surface area contributed by atoms with E-state index in [0.29, 0.717) is 55.3 Å². The third-order valence-corrected chi connectivity index (χ3v) is 7.06. The zero-order chi connectivity index (χ0) is 30.3. The van der Waals surface area contributed by atoms with Crippen LogP contribution in [0.15, 0.2) is 72.9 Å². The van der Waals surface area contributed by atoms with Crippen LogP contribution in [0, 0.1) is 0 Å².